The molecule has 1 atom stereocenters. The average molecular weight is 174 g/mol. The number of aliphatic carboxylic acids is 1. The van der Waals surface area contributed by atoms with Gasteiger partial charge in [-0.05, 0) is 6.42 Å². The van der Waals surface area contributed by atoms with Gasteiger partial charge in [0.15, 0.2) is 0 Å². The Bertz CT molecular complexity index is 88.6. The molecule has 5 heteroatoms. The largest absolute Gasteiger partial charge is 0.480 e. The van der Waals surface area contributed by atoms with Crippen LogP contribution in [0.15, 0.2) is 0 Å². The molecule has 3 N–H and O–H groups in total. The second-order valence-corrected chi connectivity index (χ2v) is 1.80. The molecule has 0 aliphatic carbocycles. The first-order chi connectivity index (χ1) is 3.68. The van der Waals surface area contributed by atoms with E-state index in [9.17, 15) is 4.79 Å². The summed E-state index contributed by atoms with van der Waals surface area (Å²) in [5, 5.41) is 8.13. The Kier molecular flexibility index (Phi) is 8.02. The van der Waals surface area contributed by atoms with Gasteiger partial charge in [-0.25, -0.2) is 0 Å². The van der Waals surface area contributed by atoms with Crippen molar-refractivity contribution in [2.24, 2.45) is 5.73 Å². The van der Waals surface area contributed by atoms with Crippen LogP contribution in [0.2, 0.25) is 0 Å². The summed E-state index contributed by atoms with van der Waals surface area (Å²) < 4.78 is 0. The SMILES string of the molecule is Cl.N[C@@H](CCCl)C(=O)O. The predicted molar refractivity (Wildman–Crippen MR) is 38.2 cm³/mol. The Hall–Kier alpha value is 0.01000. The molecule has 0 rings (SSSR count). The maximum atomic E-state index is 9.91. The molecule has 9 heavy (non-hydrogen) atoms. The molecule has 0 saturated carbocycles. The number of hydrogen-bond donors (Lipinski definition) is 2. The first-order valence-electron chi connectivity index (χ1n) is 2.23. The van der Waals surface area contributed by atoms with Crippen molar-refractivity contribution in [2.75, 3.05) is 5.88 Å². The Labute approximate surface area is 64.6 Å². The van der Waals surface area contributed by atoms with Crippen molar-refractivity contribution in [3.63, 3.8) is 0 Å². The second kappa shape index (κ2) is 6.13. The summed E-state index contributed by atoms with van der Waals surface area (Å²) in [6.45, 7) is 0. The van der Waals surface area contributed by atoms with Crippen LogP contribution in [0.1, 0.15) is 6.42 Å². The number of carboxylic acids is 1. The summed E-state index contributed by atoms with van der Waals surface area (Å²) in [6.07, 6.45) is 0.330. The van der Waals surface area contributed by atoms with Crippen LogP contribution in [0.3, 0.4) is 0 Å². The monoisotopic (exact) mass is 173 g/mol. The van der Waals surface area contributed by atoms with Crippen LogP contribution < -0.4 is 5.73 Å². The number of rotatable bonds is 3. The normalized spacial score (nSPS) is 11.8. The second-order valence-electron chi connectivity index (χ2n) is 1.42. The number of carboxylic acid groups (broad SMARTS) is 1. The molecule has 0 spiro atoms. The van der Waals surface area contributed by atoms with E-state index >= 15 is 0 Å². The molecule has 0 heterocycles. The first kappa shape index (κ1) is 11.8. The van der Waals surface area contributed by atoms with Gasteiger partial charge >= 0.3 is 5.97 Å². The Morgan fingerprint density at radius 1 is 1.78 bits per heavy atom. The lowest BCUT2D eigenvalue weighted by molar-refractivity contribution is -0.138. The van der Waals surface area contributed by atoms with E-state index in [4.69, 9.17) is 22.4 Å². The summed E-state index contributed by atoms with van der Waals surface area (Å²) in [6, 6.07) is -0.799. The Morgan fingerprint density at radius 2 is 2.22 bits per heavy atom. The number of hydrogen-bond acceptors (Lipinski definition) is 2. The molecule has 0 aliphatic rings. The summed E-state index contributed by atoms with van der Waals surface area (Å²) in [7, 11) is 0. The Morgan fingerprint density at radius 3 is 2.33 bits per heavy atom. The zero-order valence-electron chi connectivity index (χ0n) is 4.71. The first-order valence-corrected chi connectivity index (χ1v) is 2.76. The summed E-state index contributed by atoms with van der Waals surface area (Å²) >= 11 is 5.20. The highest BCUT2D eigenvalue weighted by molar-refractivity contribution is 6.18. The van der Waals surface area contributed by atoms with Gasteiger partial charge in [-0.1, -0.05) is 0 Å². The molecule has 0 aliphatic heterocycles. The summed E-state index contributed by atoms with van der Waals surface area (Å²) in [4.78, 5) is 9.91. The van der Waals surface area contributed by atoms with Crippen LogP contribution in [0, 0.1) is 0 Å². The molecule has 0 aromatic heterocycles. The van der Waals surface area contributed by atoms with Gasteiger partial charge in [0, 0.05) is 5.88 Å². The molecule has 0 saturated heterocycles. The van der Waals surface area contributed by atoms with Crippen molar-refractivity contribution in [2.45, 2.75) is 12.5 Å². The highest BCUT2D eigenvalue weighted by atomic mass is 35.5. The fourth-order valence-electron chi connectivity index (χ4n) is 0.241. The maximum Gasteiger partial charge on any atom is 0.320 e. The fourth-order valence-corrected chi connectivity index (χ4v) is 0.476. The van der Waals surface area contributed by atoms with Crippen LogP contribution in [0.4, 0.5) is 0 Å². The minimum atomic E-state index is -0.995. The molecule has 0 fully saturated rings. The zero-order chi connectivity index (χ0) is 6.57. The Balaban J connectivity index is 0. The van der Waals surface area contributed by atoms with E-state index in [1.54, 1.807) is 0 Å². The molecular weight excluding hydrogens is 165 g/mol. The van der Waals surface area contributed by atoms with E-state index in [0.29, 0.717) is 12.3 Å². The van der Waals surface area contributed by atoms with E-state index in [0.717, 1.165) is 0 Å². The van der Waals surface area contributed by atoms with E-state index in [1.165, 1.54) is 0 Å². The quantitative estimate of drug-likeness (QED) is 0.610. The van der Waals surface area contributed by atoms with Crippen LogP contribution in [0.25, 0.3) is 0 Å². The van der Waals surface area contributed by atoms with Crippen molar-refractivity contribution in [1.82, 2.24) is 0 Å². The van der Waals surface area contributed by atoms with Crippen LogP contribution in [-0.4, -0.2) is 23.0 Å². The number of alkyl halides is 1. The van der Waals surface area contributed by atoms with Crippen molar-refractivity contribution in [1.29, 1.82) is 0 Å². The van der Waals surface area contributed by atoms with Gasteiger partial charge in [0.25, 0.3) is 0 Å². The lowest BCUT2D eigenvalue weighted by atomic mass is 10.2. The molecule has 0 unspecified atom stereocenters. The van der Waals surface area contributed by atoms with Crippen molar-refractivity contribution in [3.8, 4) is 0 Å². The molecule has 0 bridgehead atoms. The van der Waals surface area contributed by atoms with Gasteiger partial charge in [-0.2, -0.15) is 0 Å². The van der Waals surface area contributed by atoms with Gasteiger partial charge in [0.05, 0.1) is 0 Å². The van der Waals surface area contributed by atoms with E-state index in [2.05, 4.69) is 0 Å². The molecule has 0 aromatic carbocycles. The van der Waals surface area contributed by atoms with E-state index < -0.39 is 12.0 Å². The number of halogens is 2. The standard InChI is InChI=1S/C4H8ClNO2.ClH/c5-2-1-3(6)4(7)8;/h3H,1-2,6H2,(H,7,8);1H/t3-;/m0./s1. The van der Waals surface area contributed by atoms with Gasteiger partial charge < -0.3 is 10.8 Å². The summed E-state index contributed by atoms with van der Waals surface area (Å²) in [5.41, 5.74) is 5.04. The highest BCUT2D eigenvalue weighted by Gasteiger charge is 2.08. The van der Waals surface area contributed by atoms with Crippen LogP contribution in [0.5, 0.6) is 0 Å². The van der Waals surface area contributed by atoms with Gasteiger partial charge in [0.2, 0.25) is 0 Å². The molecule has 56 valence electrons. The fraction of sp³-hybridized carbons (Fsp3) is 0.750. The van der Waals surface area contributed by atoms with Gasteiger partial charge in [0.1, 0.15) is 6.04 Å². The lowest BCUT2D eigenvalue weighted by Crippen LogP contribution is -2.30. The van der Waals surface area contributed by atoms with E-state index in [-0.39, 0.29) is 12.4 Å². The average Bonchev–Trinajstić information content (AvgIpc) is 1.67. The predicted octanol–water partition coefficient (Wildman–Crippen LogP) is 0.449. The van der Waals surface area contributed by atoms with Crippen molar-refractivity contribution in [3.05, 3.63) is 0 Å². The molecule has 3 nitrogen and oxygen atoms in total. The highest BCUT2D eigenvalue weighted by Crippen LogP contribution is 1.89. The smallest absolute Gasteiger partial charge is 0.320 e. The molecule has 0 radical (unpaired) electrons. The van der Waals surface area contributed by atoms with Crippen molar-refractivity contribution >= 4 is 30.0 Å². The molecule has 0 aromatic rings. The minimum Gasteiger partial charge on any atom is -0.480 e. The van der Waals surface area contributed by atoms with Crippen LogP contribution in [-0.2, 0) is 4.79 Å². The topological polar surface area (TPSA) is 63.3 Å². The zero-order valence-corrected chi connectivity index (χ0v) is 6.28. The van der Waals surface area contributed by atoms with Crippen LogP contribution >= 0.6 is 24.0 Å². The van der Waals surface area contributed by atoms with Gasteiger partial charge in [-0.3, -0.25) is 4.79 Å². The third-order valence-electron chi connectivity index (χ3n) is 0.737. The van der Waals surface area contributed by atoms with E-state index in [1.807, 2.05) is 0 Å². The summed E-state index contributed by atoms with van der Waals surface area (Å²) in [5.74, 6) is -0.696. The molecular formula is C4H9Cl2NO2. The minimum absolute atomic E-state index is 0. The number of nitrogens with two attached hydrogens (primary N) is 1. The molecule has 0 amide bonds. The third-order valence-corrected chi connectivity index (χ3v) is 0.956. The van der Waals surface area contributed by atoms with Gasteiger partial charge in [-0.15, -0.1) is 24.0 Å². The third kappa shape index (κ3) is 5.89. The van der Waals surface area contributed by atoms with Crippen molar-refractivity contribution < 1.29 is 9.90 Å². The maximum absolute atomic E-state index is 9.91. The number of carbonyl (C=O) groups is 1. The lowest BCUT2D eigenvalue weighted by Gasteiger charge is -1.99.